The molecule has 120 valence electrons. The van der Waals surface area contributed by atoms with Gasteiger partial charge >= 0.3 is 0 Å². The van der Waals surface area contributed by atoms with Crippen molar-refractivity contribution in [3.05, 3.63) is 52.6 Å². The summed E-state index contributed by atoms with van der Waals surface area (Å²) in [5.74, 6) is 0.919. The molecule has 3 rings (SSSR count). The van der Waals surface area contributed by atoms with Crippen LogP contribution in [-0.2, 0) is 6.54 Å². The second-order valence-corrected chi connectivity index (χ2v) is 6.23. The van der Waals surface area contributed by atoms with Gasteiger partial charge in [-0.25, -0.2) is 9.13 Å². The SMILES string of the molecule is CCC[n+]1c2c(n(C(C)CC)c1C)C(=O)c1ccccc1C2=O. The van der Waals surface area contributed by atoms with E-state index in [2.05, 4.69) is 25.3 Å². The van der Waals surface area contributed by atoms with Gasteiger partial charge in [0.2, 0.25) is 23.0 Å². The Labute approximate surface area is 136 Å². The first-order chi connectivity index (χ1) is 11.0. The predicted molar refractivity (Wildman–Crippen MR) is 88.0 cm³/mol. The summed E-state index contributed by atoms with van der Waals surface area (Å²) < 4.78 is 4.08. The molecule has 1 aliphatic rings. The van der Waals surface area contributed by atoms with Gasteiger partial charge in [-0.1, -0.05) is 38.1 Å². The summed E-state index contributed by atoms with van der Waals surface area (Å²) in [6.45, 7) is 9.04. The van der Waals surface area contributed by atoms with E-state index in [4.69, 9.17) is 0 Å². The molecule has 23 heavy (non-hydrogen) atoms. The molecule has 1 unspecified atom stereocenters. The van der Waals surface area contributed by atoms with E-state index in [1.165, 1.54) is 0 Å². The number of rotatable bonds is 4. The number of ketones is 2. The van der Waals surface area contributed by atoms with Crippen LogP contribution in [0.2, 0.25) is 0 Å². The van der Waals surface area contributed by atoms with Crippen molar-refractivity contribution in [2.75, 3.05) is 0 Å². The molecule has 1 aromatic carbocycles. The van der Waals surface area contributed by atoms with Gasteiger partial charge in [0.25, 0.3) is 5.82 Å². The van der Waals surface area contributed by atoms with Crippen molar-refractivity contribution in [2.24, 2.45) is 0 Å². The second kappa shape index (κ2) is 5.76. The van der Waals surface area contributed by atoms with Crippen LogP contribution in [0.5, 0.6) is 0 Å². The van der Waals surface area contributed by atoms with Crippen LogP contribution in [0.15, 0.2) is 24.3 Å². The van der Waals surface area contributed by atoms with Crippen LogP contribution < -0.4 is 4.57 Å². The van der Waals surface area contributed by atoms with Crippen LogP contribution in [-0.4, -0.2) is 16.1 Å². The Balaban J connectivity index is 2.34. The summed E-state index contributed by atoms with van der Waals surface area (Å²) in [6.07, 6.45) is 1.84. The highest BCUT2D eigenvalue weighted by molar-refractivity contribution is 6.26. The zero-order valence-corrected chi connectivity index (χ0v) is 14.2. The molecule has 0 bridgehead atoms. The van der Waals surface area contributed by atoms with Gasteiger partial charge in [-0.3, -0.25) is 9.59 Å². The highest BCUT2D eigenvalue weighted by Crippen LogP contribution is 2.29. The lowest BCUT2D eigenvalue weighted by Crippen LogP contribution is -2.43. The fraction of sp³-hybridized carbons (Fsp3) is 0.421. The van der Waals surface area contributed by atoms with E-state index in [0.29, 0.717) is 22.5 Å². The average Bonchev–Trinajstić information content (AvgIpc) is 2.86. The first kappa shape index (κ1) is 15.7. The second-order valence-electron chi connectivity index (χ2n) is 6.23. The van der Waals surface area contributed by atoms with Crippen LogP contribution in [0.4, 0.5) is 0 Å². The summed E-state index contributed by atoms with van der Waals surface area (Å²) in [5.41, 5.74) is 2.18. The standard InChI is InChI=1S/C19H23N2O2/c1-5-11-20-13(4)21(12(3)6-2)17-16(20)18(22)14-9-7-8-10-15(14)19(17)23/h7-10,12H,5-6,11H2,1-4H3/q+1. The molecule has 0 aliphatic heterocycles. The lowest BCUT2D eigenvalue weighted by Gasteiger charge is -2.14. The van der Waals surface area contributed by atoms with Crippen LogP contribution >= 0.6 is 0 Å². The van der Waals surface area contributed by atoms with E-state index >= 15 is 0 Å². The molecule has 0 N–H and O–H groups in total. The molecular weight excluding hydrogens is 288 g/mol. The zero-order chi connectivity index (χ0) is 16.7. The predicted octanol–water partition coefficient (Wildman–Crippen LogP) is 3.24. The van der Waals surface area contributed by atoms with E-state index in [9.17, 15) is 9.59 Å². The van der Waals surface area contributed by atoms with Gasteiger partial charge in [0.05, 0.1) is 12.6 Å². The molecule has 4 nitrogen and oxygen atoms in total. The van der Waals surface area contributed by atoms with Crippen molar-refractivity contribution in [1.29, 1.82) is 0 Å². The summed E-state index contributed by atoms with van der Waals surface area (Å²) >= 11 is 0. The van der Waals surface area contributed by atoms with Crippen LogP contribution in [0.3, 0.4) is 0 Å². The largest absolute Gasteiger partial charge is 0.284 e. The first-order valence-electron chi connectivity index (χ1n) is 8.35. The average molecular weight is 311 g/mol. The molecule has 1 heterocycles. The normalized spacial score (nSPS) is 14.6. The molecule has 0 amide bonds. The van der Waals surface area contributed by atoms with Crippen molar-refractivity contribution in [3.8, 4) is 0 Å². The minimum Gasteiger partial charge on any atom is -0.284 e. The summed E-state index contributed by atoms with van der Waals surface area (Å²) in [7, 11) is 0. The van der Waals surface area contributed by atoms with Gasteiger partial charge in [-0.2, -0.15) is 0 Å². The number of carbonyl (C=O) groups excluding carboxylic acids is 2. The van der Waals surface area contributed by atoms with Gasteiger partial charge in [-0.05, 0) is 19.8 Å². The maximum Gasteiger partial charge on any atom is 0.254 e. The third-order valence-corrected chi connectivity index (χ3v) is 4.80. The van der Waals surface area contributed by atoms with Crippen molar-refractivity contribution >= 4 is 11.6 Å². The molecule has 0 saturated heterocycles. The Morgan fingerprint density at radius 2 is 1.70 bits per heavy atom. The number of aromatic nitrogens is 2. The Morgan fingerprint density at radius 3 is 2.26 bits per heavy atom. The maximum absolute atomic E-state index is 13.1. The number of hydrogen-bond acceptors (Lipinski definition) is 2. The van der Waals surface area contributed by atoms with Crippen LogP contribution in [0.25, 0.3) is 0 Å². The monoisotopic (exact) mass is 311 g/mol. The summed E-state index contributed by atoms with van der Waals surface area (Å²) in [4.78, 5) is 26.1. The summed E-state index contributed by atoms with van der Waals surface area (Å²) in [5, 5.41) is 0. The van der Waals surface area contributed by atoms with Gasteiger partial charge in [0.1, 0.15) is 0 Å². The third kappa shape index (κ3) is 2.16. The zero-order valence-electron chi connectivity index (χ0n) is 14.2. The fourth-order valence-corrected chi connectivity index (χ4v) is 3.50. The third-order valence-electron chi connectivity index (χ3n) is 4.80. The Kier molecular flexibility index (Phi) is 3.92. The fourth-order valence-electron chi connectivity index (χ4n) is 3.50. The molecule has 2 aromatic rings. The number of nitrogens with zero attached hydrogens (tertiary/aromatic N) is 2. The van der Waals surface area contributed by atoms with Crippen molar-refractivity contribution in [2.45, 2.75) is 53.1 Å². The highest BCUT2D eigenvalue weighted by Gasteiger charge is 2.43. The quantitative estimate of drug-likeness (QED) is 0.694. The summed E-state index contributed by atoms with van der Waals surface area (Å²) in [6, 6.07) is 7.33. The van der Waals surface area contributed by atoms with Gasteiger partial charge in [0.15, 0.2) is 0 Å². The van der Waals surface area contributed by atoms with Gasteiger partial charge in [-0.15, -0.1) is 0 Å². The minimum absolute atomic E-state index is 0.0335. The Hall–Kier alpha value is -2.23. The maximum atomic E-state index is 13.1. The van der Waals surface area contributed by atoms with E-state index in [1.807, 2.05) is 23.6 Å². The first-order valence-corrected chi connectivity index (χ1v) is 8.35. The Bertz CT molecular complexity index is 802. The Morgan fingerprint density at radius 1 is 1.09 bits per heavy atom. The van der Waals surface area contributed by atoms with Gasteiger partial charge in [0, 0.05) is 18.1 Å². The lowest BCUT2D eigenvalue weighted by atomic mass is 9.89. The number of imidazole rings is 1. The number of carbonyl (C=O) groups is 2. The number of hydrogen-bond donors (Lipinski definition) is 0. The van der Waals surface area contributed by atoms with Crippen molar-refractivity contribution in [3.63, 3.8) is 0 Å². The molecule has 0 radical (unpaired) electrons. The van der Waals surface area contributed by atoms with E-state index in [1.54, 1.807) is 12.1 Å². The lowest BCUT2D eigenvalue weighted by molar-refractivity contribution is -0.704. The molecule has 0 saturated carbocycles. The molecule has 0 fully saturated rings. The molecule has 1 aromatic heterocycles. The molecule has 4 heteroatoms. The number of benzene rings is 1. The molecule has 0 spiro atoms. The van der Waals surface area contributed by atoms with E-state index < -0.39 is 0 Å². The van der Waals surface area contributed by atoms with Crippen molar-refractivity contribution < 1.29 is 14.2 Å². The van der Waals surface area contributed by atoms with Crippen LogP contribution in [0, 0.1) is 6.92 Å². The smallest absolute Gasteiger partial charge is 0.254 e. The van der Waals surface area contributed by atoms with Crippen molar-refractivity contribution in [1.82, 2.24) is 4.57 Å². The van der Waals surface area contributed by atoms with Gasteiger partial charge < -0.3 is 0 Å². The van der Waals surface area contributed by atoms with E-state index in [-0.39, 0.29) is 17.6 Å². The number of fused-ring (bicyclic) bond motifs is 2. The molecule has 1 atom stereocenters. The molecular formula is C19H23N2O2+. The molecule has 1 aliphatic carbocycles. The van der Waals surface area contributed by atoms with E-state index in [0.717, 1.165) is 25.2 Å². The topological polar surface area (TPSA) is 43.0 Å². The highest BCUT2D eigenvalue weighted by atomic mass is 16.1. The minimum atomic E-state index is -0.0338. The van der Waals surface area contributed by atoms with Crippen LogP contribution in [0.1, 0.15) is 77.6 Å².